The second kappa shape index (κ2) is 3.85. The Labute approximate surface area is 100.0 Å². The predicted molar refractivity (Wildman–Crippen MR) is 67.1 cm³/mol. The van der Waals surface area contributed by atoms with Crippen molar-refractivity contribution in [3.8, 4) is 0 Å². The molecule has 2 fully saturated rings. The van der Waals surface area contributed by atoms with Crippen molar-refractivity contribution in [2.75, 3.05) is 0 Å². The van der Waals surface area contributed by atoms with Gasteiger partial charge in [0.05, 0.1) is 0 Å². The first kappa shape index (κ1) is 12.1. The molecule has 1 heteroatoms. The highest BCUT2D eigenvalue weighted by molar-refractivity contribution is 5.81. The lowest BCUT2D eigenvalue weighted by Crippen LogP contribution is -2.34. The summed E-state index contributed by atoms with van der Waals surface area (Å²) in [6.45, 7) is 11.5. The van der Waals surface area contributed by atoms with E-state index in [4.69, 9.17) is 0 Å². The van der Waals surface area contributed by atoms with Gasteiger partial charge in [0.2, 0.25) is 0 Å². The van der Waals surface area contributed by atoms with Crippen LogP contribution in [0.3, 0.4) is 0 Å². The summed E-state index contributed by atoms with van der Waals surface area (Å²) in [7, 11) is 0. The predicted octanol–water partition coefficient (Wildman–Crippen LogP) is 3.92. The lowest BCUT2D eigenvalue weighted by atomic mass is 9.65. The van der Waals surface area contributed by atoms with E-state index in [9.17, 15) is 4.79 Å². The van der Waals surface area contributed by atoms with E-state index in [1.54, 1.807) is 0 Å². The van der Waals surface area contributed by atoms with Crippen LogP contribution in [0.4, 0.5) is 0 Å². The van der Waals surface area contributed by atoms with E-state index < -0.39 is 0 Å². The smallest absolute Gasteiger partial charge is 0.136 e. The van der Waals surface area contributed by atoms with Crippen LogP contribution in [0.25, 0.3) is 0 Å². The summed E-state index contributed by atoms with van der Waals surface area (Å²) >= 11 is 0. The number of hydrogen-bond acceptors (Lipinski definition) is 1. The van der Waals surface area contributed by atoms with Crippen LogP contribution in [0.5, 0.6) is 0 Å². The molecule has 1 nitrogen and oxygen atoms in total. The van der Waals surface area contributed by atoms with Gasteiger partial charge in [0.25, 0.3) is 0 Å². The molecule has 16 heavy (non-hydrogen) atoms. The molecule has 2 saturated carbocycles. The third-order valence-corrected chi connectivity index (χ3v) is 6.00. The van der Waals surface area contributed by atoms with Crippen molar-refractivity contribution in [2.45, 2.75) is 53.9 Å². The van der Waals surface area contributed by atoms with Crippen LogP contribution in [0.15, 0.2) is 0 Å². The number of carbonyl (C=O) groups is 1. The molecule has 2 rings (SSSR count). The topological polar surface area (TPSA) is 17.1 Å². The van der Waals surface area contributed by atoms with Crippen LogP contribution in [0.1, 0.15) is 53.9 Å². The minimum absolute atomic E-state index is 0.257. The Morgan fingerprint density at radius 3 is 2.38 bits per heavy atom. The van der Waals surface area contributed by atoms with Gasteiger partial charge in [0.1, 0.15) is 5.78 Å². The van der Waals surface area contributed by atoms with E-state index in [1.165, 1.54) is 12.8 Å². The molecular formula is C15H26O. The van der Waals surface area contributed by atoms with Crippen molar-refractivity contribution in [1.29, 1.82) is 0 Å². The average Bonchev–Trinajstić information content (AvgIpc) is 2.55. The fourth-order valence-corrected chi connectivity index (χ4v) is 4.21. The summed E-state index contributed by atoms with van der Waals surface area (Å²) in [6.07, 6.45) is 3.51. The normalized spacial score (nSPS) is 47.6. The van der Waals surface area contributed by atoms with Crippen molar-refractivity contribution >= 4 is 5.78 Å². The maximum Gasteiger partial charge on any atom is 0.136 e. The monoisotopic (exact) mass is 222 g/mol. The highest BCUT2D eigenvalue weighted by Gasteiger charge is 2.50. The van der Waals surface area contributed by atoms with E-state index >= 15 is 0 Å². The average molecular weight is 222 g/mol. The van der Waals surface area contributed by atoms with Crippen molar-refractivity contribution in [3.05, 3.63) is 0 Å². The summed E-state index contributed by atoms with van der Waals surface area (Å²) in [5, 5.41) is 0. The van der Waals surface area contributed by atoms with Crippen LogP contribution in [0.2, 0.25) is 0 Å². The van der Waals surface area contributed by atoms with Gasteiger partial charge in [-0.1, -0.05) is 41.0 Å². The molecule has 0 aromatic heterocycles. The van der Waals surface area contributed by atoms with Gasteiger partial charge in [-0.05, 0) is 35.5 Å². The fraction of sp³-hybridized carbons (Fsp3) is 0.933. The lowest BCUT2D eigenvalue weighted by molar-refractivity contribution is -0.124. The molecular weight excluding hydrogens is 196 g/mol. The molecule has 5 atom stereocenters. The molecule has 0 aromatic rings. The van der Waals surface area contributed by atoms with Crippen LogP contribution in [0, 0.1) is 35.0 Å². The molecule has 0 N–H and O–H groups in total. The quantitative estimate of drug-likeness (QED) is 0.607. The second-order valence-corrected chi connectivity index (χ2v) is 6.89. The van der Waals surface area contributed by atoms with Gasteiger partial charge in [-0.15, -0.1) is 0 Å². The minimum Gasteiger partial charge on any atom is -0.299 e. The largest absolute Gasteiger partial charge is 0.299 e. The Hall–Kier alpha value is -0.330. The molecule has 0 saturated heterocycles. The summed E-state index contributed by atoms with van der Waals surface area (Å²) < 4.78 is 0. The van der Waals surface area contributed by atoms with Crippen molar-refractivity contribution in [1.82, 2.24) is 0 Å². The third kappa shape index (κ3) is 1.63. The number of Topliss-reactive ketones (excluding diaryl/α,β-unsaturated/α-hetero) is 1. The highest BCUT2D eigenvalue weighted by Crippen LogP contribution is 2.55. The van der Waals surface area contributed by atoms with Gasteiger partial charge in [-0.3, -0.25) is 4.79 Å². The number of carbonyl (C=O) groups excluding carboxylic acids is 1. The maximum absolute atomic E-state index is 12.2. The van der Waals surface area contributed by atoms with Gasteiger partial charge in [-0.25, -0.2) is 0 Å². The van der Waals surface area contributed by atoms with Gasteiger partial charge < -0.3 is 0 Å². The molecule has 0 radical (unpaired) electrons. The zero-order valence-corrected chi connectivity index (χ0v) is 11.4. The Morgan fingerprint density at radius 2 is 1.75 bits per heavy atom. The molecule has 92 valence electrons. The van der Waals surface area contributed by atoms with Crippen LogP contribution < -0.4 is 0 Å². The van der Waals surface area contributed by atoms with Crippen LogP contribution in [-0.2, 0) is 4.79 Å². The second-order valence-electron chi connectivity index (χ2n) is 6.89. The first-order valence-electron chi connectivity index (χ1n) is 6.88. The van der Waals surface area contributed by atoms with E-state index in [1.807, 2.05) is 0 Å². The maximum atomic E-state index is 12.2. The van der Waals surface area contributed by atoms with Gasteiger partial charge in [0.15, 0.2) is 0 Å². The number of fused-ring (bicyclic) bond motifs is 1. The Balaban J connectivity index is 2.36. The Kier molecular flexibility index (Phi) is 2.92. The van der Waals surface area contributed by atoms with Gasteiger partial charge in [0, 0.05) is 12.3 Å². The lowest BCUT2D eigenvalue weighted by Gasteiger charge is -2.40. The third-order valence-electron chi connectivity index (χ3n) is 6.00. The summed E-state index contributed by atoms with van der Waals surface area (Å²) in [4.78, 5) is 12.2. The van der Waals surface area contributed by atoms with E-state index in [-0.39, 0.29) is 5.92 Å². The number of ketones is 1. The van der Waals surface area contributed by atoms with Crippen LogP contribution >= 0.6 is 0 Å². The van der Waals surface area contributed by atoms with Crippen molar-refractivity contribution in [3.63, 3.8) is 0 Å². The molecule has 2 unspecified atom stereocenters. The molecule has 0 amide bonds. The highest BCUT2D eigenvalue weighted by atomic mass is 16.1. The summed E-state index contributed by atoms with van der Waals surface area (Å²) in [5.74, 6) is 3.49. The first-order chi connectivity index (χ1) is 7.35. The van der Waals surface area contributed by atoms with Crippen molar-refractivity contribution in [2.24, 2.45) is 35.0 Å². The number of rotatable bonds is 0. The zero-order valence-electron chi connectivity index (χ0n) is 11.4. The van der Waals surface area contributed by atoms with E-state index in [0.717, 1.165) is 18.3 Å². The molecule has 2 aliphatic rings. The fourth-order valence-electron chi connectivity index (χ4n) is 4.21. The molecule has 0 spiro atoms. The molecule has 2 aliphatic carbocycles. The molecule has 0 aliphatic heterocycles. The SMILES string of the molecule is CC1C(=O)CC2[C@H](C)CC[C@H]2C(C)(C)[C@H]1C. The number of hydrogen-bond donors (Lipinski definition) is 0. The van der Waals surface area contributed by atoms with Gasteiger partial charge in [-0.2, -0.15) is 0 Å². The van der Waals surface area contributed by atoms with E-state index in [0.29, 0.717) is 23.0 Å². The van der Waals surface area contributed by atoms with E-state index in [2.05, 4.69) is 34.6 Å². The molecule has 0 aromatic carbocycles. The van der Waals surface area contributed by atoms with Gasteiger partial charge >= 0.3 is 0 Å². The van der Waals surface area contributed by atoms with Crippen molar-refractivity contribution < 1.29 is 4.79 Å². The zero-order chi connectivity index (χ0) is 12.1. The summed E-state index contributed by atoms with van der Waals surface area (Å²) in [6, 6.07) is 0. The summed E-state index contributed by atoms with van der Waals surface area (Å²) in [5.41, 5.74) is 0.334. The van der Waals surface area contributed by atoms with Crippen LogP contribution in [-0.4, -0.2) is 5.78 Å². The standard InChI is InChI=1S/C15H26O/c1-9-6-7-13-12(9)8-14(16)10(2)11(3)15(13,4)5/h9-13H,6-8H2,1-5H3/t9-,10?,11+,12?,13-/m1/s1. The molecule has 0 heterocycles. The minimum atomic E-state index is 0.257. The molecule has 0 bridgehead atoms. The Morgan fingerprint density at radius 1 is 1.12 bits per heavy atom. The Bertz CT molecular complexity index is 292. The first-order valence-corrected chi connectivity index (χ1v) is 6.88.